The van der Waals surface area contributed by atoms with E-state index in [0.29, 0.717) is 12.2 Å². The topological polar surface area (TPSA) is 78.0 Å². The van der Waals surface area contributed by atoms with E-state index in [1.165, 1.54) is 3.97 Å². The van der Waals surface area contributed by atoms with Gasteiger partial charge in [-0.1, -0.05) is 42.0 Å². The number of nitrogens with zero attached hydrogens (tertiary/aromatic N) is 2. The van der Waals surface area contributed by atoms with Crippen LogP contribution >= 0.6 is 0 Å². The first-order valence-corrected chi connectivity index (χ1v) is 10.4. The van der Waals surface area contributed by atoms with Gasteiger partial charge in [-0.05, 0) is 48.7 Å². The van der Waals surface area contributed by atoms with Gasteiger partial charge in [-0.25, -0.2) is 17.4 Å². The summed E-state index contributed by atoms with van der Waals surface area (Å²) in [6, 6.07) is 16.6. The Labute approximate surface area is 164 Å². The van der Waals surface area contributed by atoms with Crippen LogP contribution in [-0.4, -0.2) is 17.4 Å². The minimum atomic E-state index is -3.76. The van der Waals surface area contributed by atoms with Gasteiger partial charge in [-0.2, -0.15) is 0 Å². The molecule has 5 nitrogen and oxygen atoms in total. The van der Waals surface area contributed by atoms with Gasteiger partial charge in [-0.3, -0.25) is 0 Å². The molecule has 2 aromatic carbocycles. The minimum absolute atomic E-state index is 0.238. The van der Waals surface area contributed by atoms with Gasteiger partial charge in [0.1, 0.15) is 0 Å². The monoisotopic (exact) mass is 391 g/mol. The van der Waals surface area contributed by atoms with Gasteiger partial charge in [0, 0.05) is 29.9 Å². The summed E-state index contributed by atoms with van der Waals surface area (Å²) in [6.45, 7) is 4.33. The zero-order valence-electron chi connectivity index (χ0n) is 15.8. The molecule has 28 heavy (non-hydrogen) atoms. The van der Waals surface area contributed by atoms with Gasteiger partial charge >= 0.3 is 0 Å². The lowest BCUT2D eigenvalue weighted by atomic mass is 10.0. The van der Waals surface area contributed by atoms with E-state index in [0.717, 1.165) is 33.2 Å². The Morgan fingerprint density at radius 3 is 2.29 bits per heavy atom. The van der Waals surface area contributed by atoms with Crippen molar-refractivity contribution < 1.29 is 8.42 Å². The van der Waals surface area contributed by atoms with Crippen LogP contribution in [0.1, 0.15) is 16.7 Å². The van der Waals surface area contributed by atoms with E-state index in [9.17, 15) is 8.42 Å². The third kappa shape index (κ3) is 3.10. The summed E-state index contributed by atoms with van der Waals surface area (Å²) >= 11 is 0. The van der Waals surface area contributed by atoms with Gasteiger partial charge in [0.2, 0.25) is 0 Å². The van der Waals surface area contributed by atoms with Crippen molar-refractivity contribution in [3.8, 4) is 11.1 Å². The van der Waals surface area contributed by atoms with Gasteiger partial charge < -0.3 is 5.73 Å². The maximum absolute atomic E-state index is 13.3. The molecule has 2 heterocycles. The summed E-state index contributed by atoms with van der Waals surface area (Å²) in [5, 5.41) is 0.802. The molecular weight excluding hydrogens is 370 g/mol. The van der Waals surface area contributed by atoms with Crippen molar-refractivity contribution in [2.75, 3.05) is 0 Å². The molecule has 0 aliphatic heterocycles. The fourth-order valence-electron chi connectivity index (χ4n) is 3.24. The SMILES string of the molecule is Cc1ccc(S(=O)(=O)n2cc(-c3ccc(CN)cc3)c3cc(C)cnc32)cc1. The molecule has 0 unspecified atom stereocenters. The number of aromatic nitrogens is 2. The number of hydrogen-bond donors (Lipinski definition) is 1. The van der Waals surface area contributed by atoms with Gasteiger partial charge in [0.15, 0.2) is 5.65 Å². The normalized spacial score (nSPS) is 11.8. The van der Waals surface area contributed by atoms with Crippen molar-refractivity contribution in [3.05, 3.63) is 83.7 Å². The van der Waals surface area contributed by atoms with Crippen LogP contribution in [0.2, 0.25) is 0 Å². The number of pyridine rings is 1. The average molecular weight is 391 g/mol. The smallest absolute Gasteiger partial charge is 0.269 e. The Morgan fingerprint density at radius 1 is 0.964 bits per heavy atom. The first-order valence-electron chi connectivity index (χ1n) is 8.99. The maximum atomic E-state index is 13.3. The lowest BCUT2D eigenvalue weighted by Gasteiger charge is -2.07. The molecule has 4 rings (SSSR count). The summed E-state index contributed by atoms with van der Waals surface area (Å²) in [6.07, 6.45) is 3.34. The fourth-order valence-corrected chi connectivity index (χ4v) is 4.57. The van der Waals surface area contributed by atoms with Gasteiger partial charge in [0.05, 0.1) is 4.90 Å². The molecule has 2 N–H and O–H groups in total. The quantitative estimate of drug-likeness (QED) is 0.570. The Bertz CT molecular complexity index is 1260. The molecule has 0 saturated carbocycles. The zero-order chi connectivity index (χ0) is 19.9. The molecule has 0 saturated heterocycles. The molecule has 0 bridgehead atoms. The van der Waals surface area contributed by atoms with Crippen molar-refractivity contribution >= 4 is 21.1 Å². The number of nitrogens with two attached hydrogens (primary N) is 1. The Kier molecular flexibility index (Phi) is 4.53. The van der Waals surface area contributed by atoms with E-state index < -0.39 is 10.0 Å². The van der Waals surface area contributed by atoms with E-state index >= 15 is 0 Å². The van der Waals surface area contributed by atoms with Crippen LogP contribution in [-0.2, 0) is 16.6 Å². The Balaban J connectivity index is 1.96. The summed E-state index contributed by atoms with van der Waals surface area (Å²) in [4.78, 5) is 4.67. The van der Waals surface area contributed by atoms with Crippen molar-refractivity contribution in [2.45, 2.75) is 25.3 Å². The summed E-state index contributed by atoms with van der Waals surface area (Å²) in [5.41, 5.74) is 10.9. The molecule has 0 amide bonds. The lowest BCUT2D eigenvalue weighted by Crippen LogP contribution is -2.12. The molecule has 4 aromatic rings. The van der Waals surface area contributed by atoms with Crippen molar-refractivity contribution in [1.29, 1.82) is 0 Å². The average Bonchev–Trinajstić information content (AvgIpc) is 3.08. The van der Waals surface area contributed by atoms with Crippen molar-refractivity contribution in [1.82, 2.24) is 8.96 Å². The highest BCUT2D eigenvalue weighted by Crippen LogP contribution is 2.32. The van der Waals surface area contributed by atoms with E-state index in [-0.39, 0.29) is 4.90 Å². The van der Waals surface area contributed by atoms with Gasteiger partial charge in [0.25, 0.3) is 10.0 Å². The number of rotatable bonds is 4. The number of hydrogen-bond acceptors (Lipinski definition) is 4. The maximum Gasteiger partial charge on any atom is 0.269 e. The highest BCUT2D eigenvalue weighted by molar-refractivity contribution is 7.90. The molecule has 0 aliphatic carbocycles. The van der Waals surface area contributed by atoms with Crippen LogP contribution in [0.3, 0.4) is 0 Å². The van der Waals surface area contributed by atoms with Crippen molar-refractivity contribution in [2.24, 2.45) is 5.73 Å². The molecule has 0 aliphatic rings. The highest BCUT2D eigenvalue weighted by Gasteiger charge is 2.22. The summed E-state index contributed by atoms with van der Waals surface area (Å²) in [5.74, 6) is 0. The molecule has 0 fully saturated rings. The third-order valence-electron chi connectivity index (χ3n) is 4.83. The molecule has 0 radical (unpaired) electrons. The van der Waals surface area contributed by atoms with E-state index in [4.69, 9.17) is 5.73 Å². The van der Waals surface area contributed by atoms with Gasteiger partial charge in [-0.15, -0.1) is 0 Å². The van der Waals surface area contributed by atoms with E-state index in [1.54, 1.807) is 36.7 Å². The lowest BCUT2D eigenvalue weighted by molar-refractivity contribution is 0.589. The standard InChI is InChI=1S/C22H21N3O2S/c1-15-3-9-19(10-4-15)28(26,27)25-14-21(18-7-5-17(12-23)6-8-18)20-11-16(2)13-24-22(20)25/h3-11,13-14H,12,23H2,1-2H3. The highest BCUT2D eigenvalue weighted by atomic mass is 32.2. The Morgan fingerprint density at radius 2 is 1.64 bits per heavy atom. The number of benzene rings is 2. The molecule has 142 valence electrons. The van der Waals surface area contributed by atoms with Crippen LogP contribution in [0, 0.1) is 13.8 Å². The second kappa shape index (κ2) is 6.89. The third-order valence-corrected chi connectivity index (χ3v) is 6.49. The molecule has 0 spiro atoms. The first-order chi connectivity index (χ1) is 13.4. The van der Waals surface area contributed by atoms with E-state index in [2.05, 4.69) is 4.98 Å². The van der Waals surface area contributed by atoms with Crippen LogP contribution in [0.25, 0.3) is 22.2 Å². The minimum Gasteiger partial charge on any atom is -0.326 e. The summed E-state index contributed by atoms with van der Waals surface area (Å²) < 4.78 is 27.9. The number of fused-ring (bicyclic) bond motifs is 1. The molecular formula is C22H21N3O2S. The first kappa shape index (κ1) is 18.4. The number of aryl methyl sites for hydroxylation is 2. The van der Waals surface area contributed by atoms with Crippen molar-refractivity contribution in [3.63, 3.8) is 0 Å². The second-order valence-corrected chi connectivity index (χ2v) is 8.76. The molecule has 6 heteroatoms. The van der Waals surface area contributed by atoms with Crippen LogP contribution in [0.5, 0.6) is 0 Å². The van der Waals surface area contributed by atoms with Crippen LogP contribution in [0.15, 0.2) is 71.9 Å². The predicted octanol–water partition coefficient (Wildman–Crippen LogP) is 4.02. The zero-order valence-corrected chi connectivity index (χ0v) is 16.6. The van der Waals surface area contributed by atoms with E-state index in [1.807, 2.05) is 44.2 Å². The molecule has 0 atom stereocenters. The summed E-state index contributed by atoms with van der Waals surface area (Å²) in [7, 11) is -3.76. The fraction of sp³-hybridized carbons (Fsp3) is 0.136. The Hall–Kier alpha value is -2.96. The molecule has 2 aromatic heterocycles. The van der Waals surface area contributed by atoms with Crippen LogP contribution in [0.4, 0.5) is 0 Å². The second-order valence-electron chi connectivity index (χ2n) is 6.94. The largest absolute Gasteiger partial charge is 0.326 e. The predicted molar refractivity (Wildman–Crippen MR) is 112 cm³/mol. The van der Waals surface area contributed by atoms with Crippen LogP contribution < -0.4 is 5.73 Å².